The van der Waals surface area contributed by atoms with Crippen LogP contribution in [0.15, 0.2) is 22.7 Å². The van der Waals surface area contributed by atoms with Crippen LogP contribution in [0.1, 0.15) is 51.5 Å². The number of rotatable bonds is 7. The summed E-state index contributed by atoms with van der Waals surface area (Å²) >= 11 is 3.40. The first-order chi connectivity index (χ1) is 8.71. The third-order valence-electron chi connectivity index (χ3n) is 3.00. The zero-order valence-electron chi connectivity index (χ0n) is 11.2. The van der Waals surface area contributed by atoms with Gasteiger partial charge in [-0.05, 0) is 31.0 Å². The van der Waals surface area contributed by atoms with Crippen molar-refractivity contribution in [2.75, 3.05) is 5.32 Å². The SMILES string of the molecule is CCCCC(CCC)Nc1ccc(Br)cc1C#N. The van der Waals surface area contributed by atoms with E-state index in [0.717, 1.165) is 16.6 Å². The van der Waals surface area contributed by atoms with Gasteiger partial charge in [0.1, 0.15) is 6.07 Å². The zero-order valence-corrected chi connectivity index (χ0v) is 12.8. The Balaban J connectivity index is 2.76. The standard InChI is InChI=1S/C15H21BrN2/c1-3-5-7-14(6-4-2)18-15-9-8-13(16)10-12(15)11-17/h8-10,14,18H,3-7H2,1-2H3. The van der Waals surface area contributed by atoms with Crippen LogP contribution in [0, 0.1) is 11.3 Å². The number of nitrogens with one attached hydrogen (secondary N) is 1. The summed E-state index contributed by atoms with van der Waals surface area (Å²) in [6, 6.07) is 8.55. The molecule has 1 rings (SSSR count). The number of benzene rings is 1. The Kier molecular flexibility index (Phi) is 6.82. The summed E-state index contributed by atoms with van der Waals surface area (Å²) in [5, 5.41) is 12.7. The van der Waals surface area contributed by atoms with Crippen LogP contribution in [0.5, 0.6) is 0 Å². The van der Waals surface area contributed by atoms with Gasteiger partial charge in [0.25, 0.3) is 0 Å². The number of hydrogen-bond donors (Lipinski definition) is 1. The number of nitrogens with zero attached hydrogens (tertiary/aromatic N) is 1. The molecule has 3 heteroatoms. The predicted molar refractivity (Wildman–Crippen MR) is 80.7 cm³/mol. The number of hydrogen-bond acceptors (Lipinski definition) is 2. The van der Waals surface area contributed by atoms with Crippen molar-refractivity contribution in [2.24, 2.45) is 0 Å². The molecule has 1 aromatic carbocycles. The largest absolute Gasteiger partial charge is 0.381 e. The fourth-order valence-electron chi connectivity index (χ4n) is 2.04. The summed E-state index contributed by atoms with van der Waals surface area (Å²) in [7, 11) is 0. The molecule has 0 radical (unpaired) electrons. The van der Waals surface area contributed by atoms with Gasteiger partial charge in [-0.3, -0.25) is 0 Å². The van der Waals surface area contributed by atoms with Crippen LogP contribution >= 0.6 is 15.9 Å². The first-order valence-corrected chi connectivity index (χ1v) is 7.46. The molecule has 1 N–H and O–H groups in total. The third-order valence-corrected chi connectivity index (χ3v) is 3.50. The maximum atomic E-state index is 9.15. The van der Waals surface area contributed by atoms with Crippen LogP contribution in [0.2, 0.25) is 0 Å². The van der Waals surface area contributed by atoms with Gasteiger partial charge in [0.15, 0.2) is 0 Å². The average Bonchev–Trinajstić information content (AvgIpc) is 2.38. The van der Waals surface area contributed by atoms with E-state index in [2.05, 4.69) is 41.2 Å². The molecule has 0 saturated heterocycles. The topological polar surface area (TPSA) is 35.8 Å². The van der Waals surface area contributed by atoms with Gasteiger partial charge < -0.3 is 5.32 Å². The number of unbranched alkanes of at least 4 members (excludes halogenated alkanes) is 1. The molecule has 98 valence electrons. The van der Waals surface area contributed by atoms with E-state index < -0.39 is 0 Å². The quantitative estimate of drug-likeness (QED) is 0.761. The van der Waals surface area contributed by atoms with E-state index in [1.807, 2.05) is 18.2 Å². The van der Waals surface area contributed by atoms with E-state index >= 15 is 0 Å². The minimum absolute atomic E-state index is 0.475. The summed E-state index contributed by atoms with van der Waals surface area (Å²) in [5.74, 6) is 0. The van der Waals surface area contributed by atoms with Crippen LogP contribution in [-0.4, -0.2) is 6.04 Å². The highest BCUT2D eigenvalue weighted by Gasteiger charge is 2.10. The first kappa shape index (κ1) is 15.0. The molecular formula is C15H21BrN2. The van der Waals surface area contributed by atoms with Gasteiger partial charge in [-0.25, -0.2) is 0 Å². The molecule has 0 amide bonds. The van der Waals surface area contributed by atoms with Crippen molar-refractivity contribution in [2.45, 2.75) is 52.0 Å². The molecule has 0 heterocycles. The van der Waals surface area contributed by atoms with Crippen LogP contribution < -0.4 is 5.32 Å². The molecule has 2 nitrogen and oxygen atoms in total. The van der Waals surface area contributed by atoms with Gasteiger partial charge >= 0.3 is 0 Å². The molecule has 0 fully saturated rings. The molecular weight excluding hydrogens is 288 g/mol. The number of anilines is 1. The highest BCUT2D eigenvalue weighted by molar-refractivity contribution is 9.10. The van der Waals surface area contributed by atoms with Crippen molar-refractivity contribution >= 4 is 21.6 Å². The summed E-state index contributed by atoms with van der Waals surface area (Å²) in [6.45, 7) is 4.41. The fourth-order valence-corrected chi connectivity index (χ4v) is 2.40. The van der Waals surface area contributed by atoms with E-state index in [4.69, 9.17) is 5.26 Å². The molecule has 1 aromatic rings. The van der Waals surface area contributed by atoms with Crippen LogP contribution in [0.4, 0.5) is 5.69 Å². The van der Waals surface area contributed by atoms with Crippen LogP contribution in [0.25, 0.3) is 0 Å². The second-order valence-electron chi connectivity index (χ2n) is 4.57. The maximum Gasteiger partial charge on any atom is 0.101 e. The zero-order chi connectivity index (χ0) is 13.4. The lowest BCUT2D eigenvalue weighted by atomic mass is 10.0. The number of nitriles is 1. The second kappa shape index (κ2) is 8.16. The first-order valence-electron chi connectivity index (χ1n) is 6.67. The van der Waals surface area contributed by atoms with Gasteiger partial charge in [0, 0.05) is 10.5 Å². The summed E-state index contributed by atoms with van der Waals surface area (Å²) < 4.78 is 0.949. The smallest absolute Gasteiger partial charge is 0.101 e. The Labute approximate surface area is 119 Å². The predicted octanol–water partition coefficient (Wildman–Crippen LogP) is 5.09. The van der Waals surface area contributed by atoms with Gasteiger partial charge in [0.2, 0.25) is 0 Å². The Bertz CT molecular complexity index is 409. The minimum Gasteiger partial charge on any atom is -0.381 e. The Hall–Kier alpha value is -1.01. The number of halogens is 1. The molecule has 1 unspecified atom stereocenters. The van der Waals surface area contributed by atoms with E-state index in [0.29, 0.717) is 11.6 Å². The van der Waals surface area contributed by atoms with Gasteiger partial charge in [0.05, 0.1) is 11.3 Å². The van der Waals surface area contributed by atoms with E-state index in [1.54, 1.807) is 0 Å². The third kappa shape index (κ3) is 4.70. The van der Waals surface area contributed by atoms with Crippen molar-refractivity contribution in [1.82, 2.24) is 0 Å². The van der Waals surface area contributed by atoms with E-state index in [1.165, 1.54) is 25.7 Å². The highest BCUT2D eigenvalue weighted by atomic mass is 79.9. The van der Waals surface area contributed by atoms with Crippen molar-refractivity contribution in [3.05, 3.63) is 28.2 Å². The van der Waals surface area contributed by atoms with Gasteiger partial charge in [-0.2, -0.15) is 5.26 Å². The minimum atomic E-state index is 0.475. The molecule has 0 aliphatic rings. The lowest BCUT2D eigenvalue weighted by Crippen LogP contribution is -2.19. The van der Waals surface area contributed by atoms with Crippen LogP contribution in [0.3, 0.4) is 0 Å². The van der Waals surface area contributed by atoms with Crippen molar-refractivity contribution in [3.8, 4) is 6.07 Å². The Morgan fingerprint density at radius 3 is 2.67 bits per heavy atom. The van der Waals surface area contributed by atoms with Gasteiger partial charge in [-0.15, -0.1) is 0 Å². The van der Waals surface area contributed by atoms with E-state index in [-0.39, 0.29) is 0 Å². The van der Waals surface area contributed by atoms with E-state index in [9.17, 15) is 0 Å². The lowest BCUT2D eigenvalue weighted by Gasteiger charge is -2.20. The summed E-state index contributed by atoms with van der Waals surface area (Å²) in [4.78, 5) is 0. The van der Waals surface area contributed by atoms with Gasteiger partial charge in [-0.1, -0.05) is 49.0 Å². The fraction of sp³-hybridized carbons (Fsp3) is 0.533. The van der Waals surface area contributed by atoms with Crippen molar-refractivity contribution < 1.29 is 0 Å². The normalized spacial score (nSPS) is 11.9. The second-order valence-corrected chi connectivity index (χ2v) is 5.49. The molecule has 0 saturated carbocycles. The monoisotopic (exact) mass is 308 g/mol. The van der Waals surface area contributed by atoms with Crippen molar-refractivity contribution in [1.29, 1.82) is 5.26 Å². The molecule has 1 atom stereocenters. The molecule has 18 heavy (non-hydrogen) atoms. The highest BCUT2D eigenvalue weighted by Crippen LogP contribution is 2.23. The molecule has 0 aliphatic heterocycles. The molecule has 0 aromatic heterocycles. The molecule has 0 spiro atoms. The molecule has 0 bridgehead atoms. The Morgan fingerprint density at radius 1 is 1.28 bits per heavy atom. The lowest BCUT2D eigenvalue weighted by molar-refractivity contribution is 0.564. The van der Waals surface area contributed by atoms with Crippen LogP contribution in [-0.2, 0) is 0 Å². The average molecular weight is 309 g/mol. The maximum absolute atomic E-state index is 9.15. The Morgan fingerprint density at radius 2 is 2.06 bits per heavy atom. The van der Waals surface area contributed by atoms with Crippen molar-refractivity contribution in [3.63, 3.8) is 0 Å². The summed E-state index contributed by atoms with van der Waals surface area (Å²) in [5.41, 5.74) is 1.66. The summed E-state index contributed by atoms with van der Waals surface area (Å²) in [6.07, 6.45) is 5.94. The molecule has 0 aliphatic carbocycles.